The molecule has 0 amide bonds. The van der Waals surface area contributed by atoms with Crippen molar-refractivity contribution in [3.63, 3.8) is 0 Å². The summed E-state index contributed by atoms with van der Waals surface area (Å²) in [5.41, 5.74) is 4.32. The van der Waals surface area contributed by atoms with Gasteiger partial charge in [0.25, 0.3) is 0 Å². The van der Waals surface area contributed by atoms with E-state index >= 15 is 0 Å². The second kappa shape index (κ2) is 8.35. The van der Waals surface area contributed by atoms with Crippen LogP contribution in [0, 0.1) is 17.8 Å². The summed E-state index contributed by atoms with van der Waals surface area (Å²) in [6.45, 7) is 2.29. The molecule has 2 aromatic rings. The Balaban J connectivity index is 0.00000176. The molecule has 0 saturated carbocycles. The number of allylic oxidation sites excluding steroid dienone is 2. The monoisotopic (exact) mass is 384 g/mol. The summed E-state index contributed by atoms with van der Waals surface area (Å²) in [4.78, 5) is 0. The number of rotatable bonds is 2. The van der Waals surface area contributed by atoms with Gasteiger partial charge >= 0.3 is 58.2 Å². The third-order valence-electron chi connectivity index (χ3n) is 4.13. The van der Waals surface area contributed by atoms with Crippen molar-refractivity contribution in [2.75, 3.05) is 0 Å². The van der Waals surface area contributed by atoms with Crippen LogP contribution in [0.15, 0.2) is 42.5 Å². The molecule has 2 aromatic carbocycles. The molecule has 0 heterocycles. The summed E-state index contributed by atoms with van der Waals surface area (Å²) in [6, 6.07) is 14.0. The molecule has 0 aromatic heterocycles. The summed E-state index contributed by atoms with van der Waals surface area (Å²) in [5.74, 6) is 0.289. The van der Waals surface area contributed by atoms with Crippen LogP contribution in [0.1, 0.15) is 31.7 Å². The first-order valence-corrected chi connectivity index (χ1v) is 7.68. The quantitative estimate of drug-likeness (QED) is 0.697. The minimum Gasteiger partial charge on any atom is -0.235 e. The maximum atomic E-state index is 13.5. The summed E-state index contributed by atoms with van der Waals surface area (Å²) >= 11 is 6.01. The van der Waals surface area contributed by atoms with Crippen LogP contribution in [0.4, 0.5) is 4.39 Å². The molecule has 0 bridgehead atoms. The first kappa shape index (κ1) is 18.5. The minimum atomic E-state index is -0.498. The molecule has 0 nitrogen and oxygen atoms in total. The van der Waals surface area contributed by atoms with Crippen molar-refractivity contribution in [2.24, 2.45) is 5.92 Å². The number of hydrogen-bond acceptors (Lipinski definition) is 0. The van der Waals surface area contributed by atoms with Crippen LogP contribution in [0.25, 0.3) is 16.7 Å². The molecule has 0 N–H and O–H groups in total. The van der Waals surface area contributed by atoms with E-state index in [-0.39, 0.29) is 63.2 Å². The molecule has 22 heavy (non-hydrogen) atoms. The van der Waals surface area contributed by atoms with Crippen LogP contribution in [-0.2, 0) is 0 Å². The van der Waals surface area contributed by atoms with Crippen LogP contribution < -0.4 is 58.2 Å². The fraction of sp³-hybridized carbons (Fsp3) is 0.263. The third kappa shape index (κ3) is 4.18. The van der Waals surface area contributed by atoms with Gasteiger partial charge in [0, 0.05) is 5.82 Å². The van der Waals surface area contributed by atoms with Crippen LogP contribution in [-0.4, -0.2) is 0 Å². The minimum absolute atomic E-state index is 0. The van der Waals surface area contributed by atoms with Gasteiger partial charge in [-0.15, -0.1) is 11.6 Å². The third-order valence-corrected chi connectivity index (χ3v) is 4.50. The van der Waals surface area contributed by atoms with Crippen LogP contribution in [0.2, 0.25) is 5.02 Å². The number of benzene rings is 2. The van der Waals surface area contributed by atoms with E-state index in [0.717, 1.165) is 24.3 Å². The first-order valence-electron chi connectivity index (χ1n) is 7.30. The van der Waals surface area contributed by atoms with E-state index in [1.807, 2.05) is 12.1 Å². The van der Waals surface area contributed by atoms with Crippen LogP contribution in [0.3, 0.4) is 0 Å². The van der Waals surface area contributed by atoms with Crippen molar-refractivity contribution in [3.05, 3.63) is 64.9 Å². The smallest absolute Gasteiger partial charge is 0.235 e. The molecule has 0 spiro atoms. The molecule has 1 atom stereocenters. The van der Waals surface area contributed by atoms with Gasteiger partial charge in [-0.05, 0) is 46.9 Å². The summed E-state index contributed by atoms with van der Waals surface area (Å²) < 4.78 is 13.5. The zero-order valence-electron chi connectivity index (χ0n) is 13.0. The summed E-state index contributed by atoms with van der Waals surface area (Å²) in [6.07, 6.45) is 5.88. The standard InChI is InChI=1S/C19H17ClF.Rb/c1-13-5-7-14(8-6-13)15-9-11-16(12-10-15)17-3-2-4-18(21)19(17)20;/h2-3,7,9-13H,5-6,8H2,1H3;/q-1;+1. The summed E-state index contributed by atoms with van der Waals surface area (Å²) in [7, 11) is 0. The van der Waals surface area contributed by atoms with Crippen molar-refractivity contribution < 1.29 is 62.6 Å². The zero-order chi connectivity index (χ0) is 14.8. The van der Waals surface area contributed by atoms with Crippen LogP contribution >= 0.6 is 11.6 Å². The van der Waals surface area contributed by atoms with E-state index in [1.54, 1.807) is 12.1 Å². The van der Waals surface area contributed by atoms with Gasteiger partial charge < -0.3 is 0 Å². The van der Waals surface area contributed by atoms with Crippen molar-refractivity contribution >= 4 is 17.2 Å². The number of halogens is 2. The molecule has 108 valence electrons. The second-order valence-electron chi connectivity index (χ2n) is 5.71. The van der Waals surface area contributed by atoms with E-state index in [0.29, 0.717) is 5.56 Å². The Labute approximate surface area is 185 Å². The normalized spacial score (nSPS) is 17.6. The average molecular weight is 385 g/mol. The Kier molecular flexibility index (Phi) is 7.03. The number of hydrogen-bond donors (Lipinski definition) is 0. The molecule has 3 rings (SSSR count). The SMILES string of the molecule is CC1CC=C(c2ccc(-c3cc[c-]c(F)c3Cl)cc2)CC1.[Rb+]. The fourth-order valence-electron chi connectivity index (χ4n) is 2.77. The van der Waals surface area contributed by atoms with E-state index < -0.39 is 5.82 Å². The van der Waals surface area contributed by atoms with Crippen molar-refractivity contribution in [1.82, 2.24) is 0 Å². The van der Waals surface area contributed by atoms with E-state index in [1.165, 1.54) is 17.6 Å². The molecule has 0 radical (unpaired) electrons. The molecule has 3 heteroatoms. The Morgan fingerprint density at radius 1 is 1.14 bits per heavy atom. The van der Waals surface area contributed by atoms with E-state index in [9.17, 15) is 4.39 Å². The molecule has 0 aliphatic heterocycles. The Morgan fingerprint density at radius 3 is 2.45 bits per heavy atom. The van der Waals surface area contributed by atoms with Crippen LogP contribution in [0.5, 0.6) is 0 Å². The van der Waals surface area contributed by atoms with Gasteiger partial charge in [-0.25, -0.2) is 4.39 Å². The average Bonchev–Trinajstić information content (AvgIpc) is 2.51. The van der Waals surface area contributed by atoms with Gasteiger partial charge in [-0.2, -0.15) is 23.7 Å². The molecular formula is C19H17ClFRb. The molecular weight excluding hydrogens is 368 g/mol. The van der Waals surface area contributed by atoms with Crippen molar-refractivity contribution in [3.8, 4) is 11.1 Å². The van der Waals surface area contributed by atoms with Crippen molar-refractivity contribution in [2.45, 2.75) is 26.2 Å². The topological polar surface area (TPSA) is 0 Å². The predicted octanol–water partition coefficient (Wildman–Crippen LogP) is 3.15. The predicted molar refractivity (Wildman–Crippen MR) is 86.7 cm³/mol. The largest absolute Gasteiger partial charge is 1.00 e. The maximum Gasteiger partial charge on any atom is 1.00 e. The molecule has 1 unspecified atom stereocenters. The van der Waals surface area contributed by atoms with Gasteiger partial charge in [0.05, 0.1) is 0 Å². The Morgan fingerprint density at radius 2 is 1.82 bits per heavy atom. The molecule has 1 aliphatic rings. The zero-order valence-corrected chi connectivity index (χ0v) is 18.7. The van der Waals surface area contributed by atoms with E-state index in [2.05, 4.69) is 31.2 Å². The van der Waals surface area contributed by atoms with E-state index in [4.69, 9.17) is 11.6 Å². The fourth-order valence-corrected chi connectivity index (χ4v) is 2.99. The van der Waals surface area contributed by atoms with Gasteiger partial charge in [0.1, 0.15) is 0 Å². The Hall–Kier alpha value is 0.205. The molecule has 0 saturated heterocycles. The Bertz CT molecular complexity index is 676. The van der Waals surface area contributed by atoms with Gasteiger partial charge in [-0.3, -0.25) is 0 Å². The van der Waals surface area contributed by atoms with Gasteiger partial charge in [0.15, 0.2) is 0 Å². The molecule has 0 fully saturated rings. The van der Waals surface area contributed by atoms with Gasteiger partial charge in [0.2, 0.25) is 0 Å². The maximum absolute atomic E-state index is 13.5. The first-order chi connectivity index (χ1) is 10.1. The van der Waals surface area contributed by atoms with Crippen molar-refractivity contribution in [1.29, 1.82) is 0 Å². The second-order valence-corrected chi connectivity index (χ2v) is 6.08. The molecule has 1 aliphatic carbocycles. The summed E-state index contributed by atoms with van der Waals surface area (Å²) in [5, 5.41) is 0.135. The van der Waals surface area contributed by atoms with Gasteiger partial charge in [-0.1, -0.05) is 37.3 Å².